The van der Waals surface area contributed by atoms with Crippen molar-refractivity contribution < 1.29 is 9.66 Å². The first-order valence-corrected chi connectivity index (χ1v) is 6.88. The Balaban J connectivity index is 2.13. The Morgan fingerprint density at radius 2 is 2.32 bits per heavy atom. The van der Waals surface area contributed by atoms with Crippen LogP contribution in [0.3, 0.4) is 0 Å². The van der Waals surface area contributed by atoms with Crippen LogP contribution >= 0.6 is 22.9 Å². The molecule has 0 saturated carbocycles. The fourth-order valence-electron chi connectivity index (χ4n) is 1.55. The average molecular weight is 299 g/mol. The molecule has 0 spiro atoms. The molecule has 0 amide bonds. The van der Waals surface area contributed by atoms with Gasteiger partial charge in [-0.05, 0) is 13.0 Å². The van der Waals surface area contributed by atoms with Crippen LogP contribution in [0.2, 0.25) is 0 Å². The normalized spacial score (nSPS) is 10.4. The Bertz CT molecular complexity index is 600. The molecule has 100 valence electrons. The molecule has 0 atom stereocenters. The van der Waals surface area contributed by atoms with Crippen molar-refractivity contribution in [1.29, 1.82) is 0 Å². The molecule has 0 saturated heterocycles. The first kappa shape index (κ1) is 13.8. The minimum atomic E-state index is -0.455. The SMILES string of the molecule is Cc1nc(COc2ccc([N+](=O)[O-])cc2CCl)cs1. The lowest BCUT2D eigenvalue weighted by molar-refractivity contribution is -0.384. The highest BCUT2D eigenvalue weighted by Crippen LogP contribution is 2.26. The summed E-state index contributed by atoms with van der Waals surface area (Å²) < 4.78 is 5.60. The highest BCUT2D eigenvalue weighted by molar-refractivity contribution is 7.09. The van der Waals surface area contributed by atoms with E-state index in [1.807, 2.05) is 12.3 Å². The number of nitro groups is 1. The fraction of sp³-hybridized carbons (Fsp3) is 0.250. The first-order chi connectivity index (χ1) is 9.10. The Hall–Kier alpha value is -1.66. The Morgan fingerprint density at radius 1 is 1.53 bits per heavy atom. The van der Waals surface area contributed by atoms with Gasteiger partial charge in [0.05, 0.1) is 21.5 Å². The second-order valence-electron chi connectivity index (χ2n) is 3.83. The number of aryl methyl sites for hydroxylation is 1. The quantitative estimate of drug-likeness (QED) is 0.480. The molecule has 0 N–H and O–H groups in total. The zero-order valence-corrected chi connectivity index (χ0v) is 11.7. The molecule has 0 bridgehead atoms. The van der Waals surface area contributed by atoms with Gasteiger partial charge in [0, 0.05) is 23.1 Å². The van der Waals surface area contributed by atoms with Gasteiger partial charge in [-0.2, -0.15) is 0 Å². The minimum Gasteiger partial charge on any atom is -0.487 e. The summed E-state index contributed by atoms with van der Waals surface area (Å²) in [5.74, 6) is 0.707. The molecule has 0 radical (unpaired) electrons. The van der Waals surface area contributed by atoms with E-state index in [0.717, 1.165) is 10.7 Å². The average Bonchev–Trinajstić information content (AvgIpc) is 2.81. The van der Waals surface area contributed by atoms with Crippen LogP contribution in [-0.2, 0) is 12.5 Å². The number of nitro benzene ring substituents is 1. The molecular formula is C12H11ClN2O3S. The van der Waals surface area contributed by atoms with Crippen LogP contribution in [0.4, 0.5) is 5.69 Å². The van der Waals surface area contributed by atoms with Crippen LogP contribution in [0.15, 0.2) is 23.6 Å². The van der Waals surface area contributed by atoms with Crippen LogP contribution in [0.5, 0.6) is 5.75 Å². The highest BCUT2D eigenvalue weighted by Gasteiger charge is 2.11. The molecule has 19 heavy (non-hydrogen) atoms. The summed E-state index contributed by atoms with van der Waals surface area (Å²) in [4.78, 5) is 14.5. The molecule has 0 aliphatic rings. The summed E-state index contributed by atoms with van der Waals surface area (Å²) in [5, 5.41) is 13.6. The van der Waals surface area contributed by atoms with Gasteiger partial charge in [-0.15, -0.1) is 22.9 Å². The number of benzene rings is 1. The lowest BCUT2D eigenvalue weighted by Crippen LogP contribution is -1.99. The van der Waals surface area contributed by atoms with Crippen molar-refractivity contribution in [1.82, 2.24) is 4.98 Å². The number of aromatic nitrogens is 1. The number of hydrogen-bond acceptors (Lipinski definition) is 5. The van der Waals surface area contributed by atoms with E-state index in [9.17, 15) is 10.1 Å². The van der Waals surface area contributed by atoms with Gasteiger partial charge in [-0.1, -0.05) is 0 Å². The predicted octanol–water partition coefficient (Wildman–Crippen LogP) is 3.68. The molecular weight excluding hydrogens is 288 g/mol. The minimum absolute atomic E-state index is 0.00695. The van der Waals surface area contributed by atoms with E-state index in [0.29, 0.717) is 17.9 Å². The second-order valence-corrected chi connectivity index (χ2v) is 5.16. The maximum absolute atomic E-state index is 10.7. The van der Waals surface area contributed by atoms with Crippen LogP contribution in [0.25, 0.3) is 0 Å². The lowest BCUT2D eigenvalue weighted by Gasteiger charge is -2.08. The fourth-order valence-corrected chi connectivity index (χ4v) is 2.36. The molecule has 0 aliphatic carbocycles. The zero-order valence-electron chi connectivity index (χ0n) is 10.1. The number of ether oxygens (including phenoxy) is 1. The summed E-state index contributed by atoms with van der Waals surface area (Å²) in [7, 11) is 0. The van der Waals surface area contributed by atoms with Crippen LogP contribution in [0.1, 0.15) is 16.3 Å². The third-order valence-electron chi connectivity index (χ3n) is 2.44. The van der Waals surface area contributed by atoms with Crippen molar-refractivity contribution >= 4 is 28.6 Å². The molecule has 0 aliphatic heterocycles. The smallest absolute Gasteiger partial charge is 0.270 e. The summed E-state index contributed by atoms with van der Waals surface area (Å²) in [5.41, 5.74) is 1.44. The molecule has 1 aromatic carbocycles. The number of alkyl halides is 1. The largest absolute Gasteiger partial charge is 0.487 e. The van der Waals surface area contributed by atoms with Crippen molar-refractivity contribution in [2.45, 2.75) is 19.4 Å². The molecule has 1 heterocycles. The van der Waals surface area contributed by atoms with E-state index in [1.54, 1.807) is 17.4 Å². The second kappa shape index (κ2) is 5.99. The van der Waals surface area contributed by atoms with Gasteiger partial charge in [0.15, 0.2) is 0 Å². The molecule has 0 fully saturated rings. The number of nitrogens with zero attached hydrogens (tertiary/aromatic N) is 2. The van der Waals surface area contributed by atoms with Crippen LogP contribution in [0, 0.1) is 17.0 Å². The van der Waals surface area contributed by atoms with Crippen molar-refractivity contribution in [2.24, 2.45) is 0 Å². The van der Waals surface area contributed by atoms with Crippen molar-refractivity contribution in [2.75, 3.05) is 0 Å². The summed E-state index contributed by atoms with van der Waals surface area (Å²) in [6.07, 6.45) is 0. The lowest BCUT2D eigenvalue weighted by atomic mass is 10.2. The number of halogens is 1. The van der Waals surface area contributed by atoms with Crippen LogP contribution < -0.4 is 4.74 Å². The Morgan fingerprint density at radius 3 is 2.89 bits per heavy atom. The maximum atomic E-state index is 10.7. The summed E-state index contributed by atoms with van der Waals surface area (Å²) in [6, 6.07) is 4.39. The van der Waals surface area contributed by atoms with E-state index in [2.05, 4.69) is 4.98 Å². The topological polar surface area (TPSA) is 65.3 Å². The van der Waals surface area contributed by atoms with E-state index >= 15 is 0 Å². The highest BCUT2D eigenvalue weighted by atomic mass is 35.5. The zero-order chi connectivity index (χ0) is 13.8. The standard InChI is InChI=1S/C12H11ClN2O3S/c1-8-14-10(7-19-8)6-18-12-3-2-11(15(16)17)4-9(12)5-13/h2-4,7H,5-6H2,1H3. The maximum Gasteiger partial charge on any atom is 0.270 e. The molecule has 1 aromatic heterocycles. The van der Waals surface area contributed by atoms with Gasteiger partial charge in [0.25, 0.3) is 5.69 Å². The first-order valence-electron chi connectivity index (χ1n) is 5.47. The van der Waals surface area contributed by atoms with Crippen molar-refractivity contribution in [3.8, 4) is 5.75 Å². The predicted molar refractivity (Wildman–Crippen MR) is 73.8 cm³/mol. The van der Waals surface area contributed by atoms with E-state index in [-0.39, 0.29) is 11.6 Å². The van der Waals surface area contributed by atoms with Gasteiger partial charge < -0.3 is 4.74 Å². The molecule has 7 heteroatoms. The van der Waals surface area contributed by atoms with Gasteiger partial charge in [0.2, 0.25) is 0 Å². The van der Waals surface area contributed by atoms with Gasteiger partial charge in [0.1, 0.15) is 12.4 Å². The van der Waals surface area contributed by atoms with Crippen LogP contribution in [-0.4, -0.2) is 9.91 Å². The number of hydrogen-bond donors (Lipinski definition) is 0. The van der Waals surface area contributed by atoms with Gasteiger partial charge >= 0.3 is 0 Å². The van der Waals surface area contributed by atoms with Gasteiger partial charge in [-0.3, -0.25) is 10.1 Å². The molecule has 2 aromatic rings. The number of non-ortho nitro benzene ring substituents is 1. The summed E-state index contributed by atoms with van der Waals surface area (Å²) in [6.45, 7) is 2.25. The third kappa shape index (κ3) is 3.42. The monoisotopic (exact) mass is 298 g/mol. The third-order valence-corrected chi connectivity index (χ3v) is 3.55. The van der Waals surface area contributed by atoms with Gasteiger partial charge in [-0.25, -0.2) is 4.98 Å². The molecule has 5 nitrogen and oxygen atoms in total. The Kier molecular flexibility index (Phi) is 4.34. The molecule has 2 rings (SSSR count). The van der Waals surface area contributed by atoms with E-state index in [4.69, 9.17) is 16.3 Å². The van der Waals surface area contributed by atoms with Crippen molar-refractivity contribution in [3.63, 3.8) is 0 Å². The summed E-state index contributed by atoms with van der Waals surface area (Å²) >= 11 is 7.33. The van der Waals surface area contributed by atoms with E-state index in [1.165, 1.54) is 12.1 Å². The molecule has 0 unspecified atom stereocenters. The number of rotatable bonds is 5. The van der Waals surface area contributed by atoms with E-state index < -0.39 is 4.92 Å². The number of thiazole rings is 1. The Labute approximate surface area is 119 Å². The van der Waals surface area contributed by atoms with Crippen molar-refractivity contribution in [3.05, 3.63) is 50.0 Å².